The minimum atomic E-state index is -0.591. The Labute approximate surface area is 76.8 Å². The Morgan fingerprint density at radius 3 is 3.00 bits per heavy atom. The van der Waals surface area contributed by atoms with Crippen LogP contribution in [0, 0.1) is 0 Å². The van der Waals surface area contributed by atoms with E-state index in [-0.39, 0.29) is 0 Å². The quantitative estimate of drug-likeness (QED) is 0.350. The Kier molecular flexibility index (Phi) is 3.25. The molecule has 0 amide bonds. The third-order valence-corrected chi connectivity index (χ3v) is 1.78. The smallest absolute Gasteiger partial charge is 0.351 e. The molecule has 1 rings (SSSR count). The predicted octanol–water partition coefficient (Wildman–Crippen LogP) is -0.350. The first-order chi connectivity index (χ1) is 6.16. The van der Waals surface area contributed by atoms with E-state index >= 15 is 0 Å². The van der Waals surface area contributed by atoms with Crippen LogP contribution in [0.3, 0.4) is 0 Å². The number of nitrogens with one attached hydrogen (secondary N) is 1. The molecule has 0 atom stereocenters. The van der Waals surface area contributed by atoms with E-state index in [0.29, 0.717) is 13.2 Å². The van der Waals surface area contributed by atoms with Gasteiger partial charge >= 0.3 is 5.97 Å². The number of hydrogen-bond acceptors (Lipinski definition) is 5. The molecule has 0 radical (unpaired) electrons. The number of carbonyl (C=O) groups is 1. The van der Waals surface area contributed by atoms with Gasteiger partial charge in [-0.05, 0) is 19.8 Å². The summed E-state index contributed by atoms with van der Waals surface area (Å²) in [6.07, 6.45) is 2.67. The molecule has 1 fully saturated rings. The SMILES string of the molecule is CCOC(=O)/C=N/NCC1(O)CC1. The lowest BCUT2D eigenvalue weighted by Gasteiger charge is -2.04. The van der Waals surface area contributed by atoms with E-state index in [2.05, 4.69) is 15.3 Å². The standard InChI is InChI=1S/C8H14N2O3/c1-2-13-7(11)5-9-10-6-8(12)3-4-8/h5,10,12H,2-4,6H2,1H3/b9-5+. The topological polar surface area (TPSA) is 70.9 Å². The summed E-state index contributed by atoms with van der Waals surface area (Å²) < 4.78 is 4.60. The van der Waals surface area contributed by atoms with Gasteiger partial charge in [0.05, 0.1) is 18.8 Å². The molecule has 0 bridgehead atoms. The molecule has 0 unspecified atom stereocenters. The molecule has 0 saturated heterocycles. The number of nitrogens with zero attached hydrogens (tertiary/aromatic N) is 1. The largest absolute Gasteiger partial charge is 0.462 e. The number of aliphatic hydroxyl groups is 1. The van der Waals surface area contributed by atoms with E-state index in [0.717, 1.165) is 19.1 Å². The van der Waals surface area contributed by atoms with Crippen molar-refractivity contribution in [1.29, 1.82) is 0 Å². The molecule has 0 aromatic carbocycles. The van der Waals surface area contributed by atoms with Crippen molar-refractivity contribution in [2.24, 2.45) is 5.10 Å². The van der Waals surface area contributed by atoms with Crippen molar-refractivity contribution < 1.29 is 14.6 Å². The van der Waals surface area contributed by atoms with Crippen LogP contribution in [-0.2, 0) is 9.53 Å². The number of esters is 1. The number of hydrogen-bond donors (Lipinski definition) is 2. The molecule has 1 aliphatic rings. The van der Waals surface area contributed by atoms with E-state index < -0.39 is 11.6 Å². The molecule has 13 heavy (non-hydrogen) atoms. The molecular formula is C8H14N2O3. The minimum Gasteiger partial charge on any atom is -0.462 e. The predicted molar refractivity (Wildman–Crippen MR) is 47.3 cm³/mol. The molecule has 0 aromatic heterocycles. The first-order valence-electron chi connectivity index (χ1n) is 4.31. The van der Waals surface area contributed by atoms with Crippen molar-refractivity contribution in [3.63, 3.8) is 0 Å². The van der Waals surface area contributed by atoms with Crippen LogP contribution in [0.2, 0.25) is 0 Å². The van der Waals surface area contributed by atoms with Gasteiger partial charge in [0.15, 0.2) is 0 Å². The van der Waals surface area contributed by atoms with Gasteiger partial charge in [0.25, 0.3) is 0 Å². The van der Waals surface area contributed by atoms with Crippen LogP contribution in [0.25, 0.3) is 0 Å². The fraction of sp³-hybridized carbons (Fsp3) is 0.750. The van der Waals surface area contributed by atoms with Crippen molar-refractivity contribution in [1.82, 2.24) is 5.43 Å². The van der Waals surface area contributed by atoms with Gasteiger partial charge in [-0.15, -0.1) is 0 Å². The molecule has 2 N–H and O–H groups in total. The maximum atomic E-state index is 10.7. The Hall–Kier alpha value is -1.10. The first kappa shape index (κ1) is 9.98. The molecule has 1 saturated carbocycles. The fourth-order valence-corrected chi connectivity index (χ4v) is 0.792. The molecule has 1 aliphatic carbocycles. The highest BCUT2D eigenvalue weighted by Gasteiger charge is 2.39. The van der Waals surface area contributed by atoms with Crippen LogP contribution in [-0.4, -0.2) is 36.0 Å². The molecule has 5 nitrogen and oxygen atoms in total. The number of hydrazone groups is 1. The molecule has 74 valence electrons. The van der Waals surface area contributed by atoms with Crippen LogP contribution >= 0.6 is 0 Å². The lowest BCUT2D eigenvalue weighted by atomic mass is 10.3. The van der Waals surface area contributed by atoms with Crippen molar-refractivity contribution in [2.45, 2.75) is 25.4 Å². The van der Waals surface area contributed by atoms with Crippen LogP contribution in [0.4, 0.5) is 0 Å². The Morgan fingerprint density at radius 1 is 1.77 bits per heavy atom. The van der Waals surface area contributed by atoms with Crippen molar-refractivity contribution in [3.8, 4) is 0 Å². The highest BCUT2D eigenvalue weighted by molar-refractivity contribution is 6.23. The lowest BCUT2D eigenvalue weighted by Crippen LogP contribution is -2.24. The summed E-state index contributed by atoms with van der Waals surface area (Å²) in [5, 5.41) is 13.0. The van der Waals surface area contributed by atoms with Crippen molar-refractivity contribution in [2.75, 3.05) is 13.2 Å². The van der Waals surface area contributed by atoms with Gasteiger partial charge in [-0.25, -0.2) is 4.79 Å². The molecule has 5 heteroatoms. The maximum Gasteiger partial charge on any atom is 0.351 e. The van der Waals surface area contributed by atoms with Crippen molar-refractivity contribution >= 4 is 12.2 Å². The van der Waals surface area contributed by atoms with Crippen LogP contribution in [0.5, 0.6) is 0 Å². The van der Waals surface area contributed by atoms with Gasteiger partial charge in [0.1, 0.15) is 6.21 Å². The summed E-state index contributed by atoms with van der Waals surface area (Å²) in [6.45, 7) is 2.46. The Bertz CT molecular complexity index is 211. The third-order valence-electron chi connectivity index (χ3n) is 1.78. The van der Waals surface area contributed by atoms with Gasteiger partial charge in [-0.2, -0.15) is 5.10 Å². The number of rotatable bonds is 5. The molecule has 0 heterocycles. The summed E-state index contributed by atoms with van der Waals surface area (Å²) in [5.41, 5.74) is 2.00. The fourth-order valence-electron chi connectivity index (χ4n) is 0.792. The maximum absolute atomic E-state index is 10.7. The zero-order valence-corrected chi connectivity index (χ0v) is 7.62. The first-order valence-corrected chi connectivity index (χ1v) is 4.31. The zero-order chi connectivity index (χ0) is 9.73. The van der Waals surface area contributed by atoms with Gasteiger partial charge in [0.2, 0.25) is 0 Å². The van der Waals surface area contributed by atoms with Crippen LogP contribution in [0.15, 0.2) is 5.10 Å². The molecule has 0 aliphatic heterocycles. The van der Waals surface area contributed by atoms with E-state index in [1.165, 1.54) is 0 Å². The summed E-state index contributed by atoms with van der Waals surface area (Å²) in [6, 6.07) is 0. The van der Waals surface area contributed by atoms with Gasteiger partial charge in [-0.3, -0.25) is 0 Å². The summed E-state index contributed by atoms with van der Waals surface area (Å²) in [4.78, 5) is 10.7. The minimum absolute atomic E-state index is 0.342. The molecule has 0 spiro atoms. The zero-order valence-electron chi connectivity index (χ0n) is 7.62. The summed E-state index contributed by atoms with van der Waals surface area (Å²) >= 11 is 0. The van der Waals surface area contributed by atoms with Crippen LogP contribution in [0.1, 0.15) is 19.8 Å². The number of ether oxygens (including phenoxy) is 1. The monoisotopic (exact) mass is 186 g/mol. The van der Waals surface area contributed by atoms with Crippen molar-refractivity contribution in [3.05, 3.63) is 0 Å². The van der Waals surface area contributed by atoms with Gasteiger partial charge in [0, 0.05) is 0 Å². The Morgan fingerprint density at radius 2 is 2.46 bits per heavy atom. The average molecular weight is 186 g/mol. The van der Waals surface area contributed by atoms with E-state index in [1.54, 1.807) is 6.92 Å². The van der Waals surface area contributed by atoms with Gasteiger partial charge in [-0.1, -0.05) is 0 Å². The highest BCUT2D eigenvalue weighted by Crippen LogP contribution is 2.33. The van der Waals surface area contributed by atoms with E-state index in [1.807, 2.05) is 0 Å². The molecular weight excluding hydrogens is 172 g/mol. The second-order valence-electron chi connectivity index (χ2n) is 3.07. The highest BCUT2D eigenvalue weighted by atomic mass is 16.5. The van der Waals surface area contributed by atoms with E-state index in [4.69, 9.17) is 0 Å². The Balaban J connectivity index is 2.07. The summed E-state index contributed by atoms with van der Waals surface area (Å²) in [7, 11) is 0. The average Bonchev–Trinajstić information content (AvgIpc) is 2.79. The van der Waals surface area contributed by atoms with E-state index in [9.17, 15) is 9.90 Å². The second kappa shape index (κ2) is 4.23. The lowest BCUT2D eigenvalue weighted by molar-refractivity contribution is -0.134. The molecule has 0 aromatic rings. The summed E-state index contributed by atoms with van der Waals surface area (Å²) in [5.74, 6) is -0.474. The van der Waals surface area contributed by atoms with Gasteiger partial charge < -0.3 is 15.3 Å². The normalized spacial score (nSPS) is 18.6. The van der Waals surface area contributed by atoms with Crippen LogP contribution < -0.4 is 5.43 Å². The third kappa shape index (κ3) is 3.89. The second-order valence-corrected chi connectivity index (χ2v) is 3.07. The number of carbonyl (C=O) groups excluding carboxylic acids is 1.